The number of esters is 4. The number of ketones is 1. The molecule has 0 aliphatic carbocycles. The van der Waals surface area contributed by atoms with Crippen molar-refractivity contribution in [2.24, 2.45) is 11.8 Å². The number of nitrogens with zero attached hydrogens (tertiary/aromatic N) is 1. The zero-order valence-corrected chi connectivity index (χ0v) is 58.5. The number of Topliss-reactive ketones (excluding diaryl/α,β-unsaturated/α-hetero) is 1. The van der Waals surface area contributed by atoms with Crippen LogP contribution in [0.15, 0.2) is 0 Å². The fourth-order valence-corrected chi connectivity index (χ4v) is 8.02. The van der Waals surface area contributed by atoms with Crippen molar-refractivity contribution >= 4 is 42.0 Å². The van der Waals surface area contributed by atoms with Crippen LogP contribution in [0, 0.1) is 11.8 Å². The van der Waals surface area contributed by atoms with E-state index in [9.17, 15) is 33.6 Å². The van der Waals surface area contributed by atoms with Gasteiger partial charge in [0.15, 0.2) is 0 Å². The molecule has 14 heteroatoms. The molecule has 0 aromatic rings. The summed E-state index contributed by atoms with van der Waals surface area (Å²) in [6.07, 6.45) is 34.4. The van der Waals surface area contributed by atoms with Crippen molar-refractivity contribution in [3.8, 4) is 0 Å². The molecule has 14 nitrogen and oxygen atoms in total. The molecule has 84 heavy (non-hydrogen) atoms. The lowest BCUT2D eigenvalue weighted by Gasteiger charge is -2.39. The number of hydrogen-bond donors (Lipinski definition) is 0. The highest BCUT2D eigenvalue weighted by atomic mass is 16.6. The van der Waals surface area contributed by atoms with E-state index in [4.69, 9.17) is 28.4 Å². The molecular weight excluding hydrogens is 1060 g/mol. The molecule has 1 heterocycles. The van der Waals surface area contributed by atoms with E-state index in [-0.39, 0.29) is 62.4 Å². The number of ether oxygens (including phenoxy) is 6. The summed E-state index contributed by atoms with van der Waals surface area (Å²) in [4.78, 5) is 85.2. The van der Waals surface area contributed by atoms with E-state index < -0.39 is 29.9 Å². The molecular formula is C70H141NO13. The van der Waals surface area contributed by atoms with E-state index in [1.165, 1.54) is 116 Å². The first-order valence-corrected chi connectivity index (χ1v) is 34.9. The van der Waals surface area contributed by atoms with Gasteiger partial charge in [-0.2, -0.15) is 0 Å². The smallest absolute Gasteiger partial charge is 0.410 e. The van der Waals surface area contributed by atoms with Gasteiger partial charge in [0.1, 0.15) is 18.7 Å². The Morgan fingerprint density at radius 2 is 0.738 bits per heavy atom. The van der Waals surface area contributed by atoms with E-state index >= 15 is 0 Å². The number of rotatable bonds is 47. The summed E-state index contributed by atoms with van der Waals surface area (Å²) in [5.41, 5.74) is 0. The summed E-state index contributed by atoms with van der Waals surface area (Å²) in [5, 5.41) is 0. The molecule has 1 rings (SSSR count). The summed E-state index contributed by atoms with van der Waals surface area (Å²) >= 11 is 0. The zero-order valence-electron chi connectivity index (χ0n) is 58.5. The Balaban J connectivity index is -0.000000224. The van der Waals surface area contributed by atoms with Crippen LogP contribution in [0.5, 0.6) is 0 Å². The maximum atomic E-state index is 12.6. The monoisotopic (exact) mass is 1200 g/mol. The molecule has 1 aliphatic rings. The van der Waals surface area contributed by atoms with Gasteiger partial charge in [0.05, 0.1) is 32.5 Å². The van der Waals surface area contributed by atoms with Gasteiger partial charge >= 0.3 is 30.0 Å². The summed E-state index contributed by atoms with van der Waals surface area (Å²) < 4.78 is 31.5. The second kappa shape index (κ2) is 83.7. The van der Waals surface area contributed by atoms with Crippen LogP contribution < -0.4 is 0 Å². The number of carbonyl (C=O) groups excluding carboxylic acids is 7. The summed E-state index contributed by atoms with van der Waals surface area (Å²) in [6.45, 7) is 36.1. The average molecular weight is 1200 g/mol. The highest BCUT2D eigenvalue weighted by Gasteiger charge is 2.34. The van der Waals surface area contributed by atoms with Gasteiger partial charge in [-0.25, -0.2) is 4.79 Å². The molecule has 0 N–H and O–H groups in total. The third kappa shape index (κ3) is 74.6. The summed E-state index contributed by atoms with van der Waals surface area (Å²) in [7, 11) is 1.77. The number of amides is 1. The van der Waals surface area contributed by atoms with Gasteiger partial charge in [-0.05, 0) is 56.8 Å². The molecule has 1 saturated heterocycles. The van der Waals surface area contributed by atoms with E-state index in [0.29, 0.717) is 45.8 Å². The predicted molar refractivity (Wildman–Crippen MR) is 353 cm³/mol. The largest absolute Gasteiger partial charge is 0.466 e. The minimum absolute atomic E-state index is 0.0457. The molecule has 0 bridgehead atoms. The maximum absolute atomic E-state index is 12.6. The number of hydrogen-bond acceptors (Lipinski definition) is 13. The van der Waals surface area contributed by atoms with Crippen LogP contribution in [0.1, 0.15) is 342 Å². The molecule has 504 valence electrons. The Hall–Kier alpha value is -3.55. The Morgan fingerprint density at radius 3 is 1.05 bits per heavy atom. The number of unbranched alkanes of at least 4 members (excludes halogenated alkanes) is 21. The third-order valence-electron chi connectivity index (χ3n) is 13.0. The van der Waals surface area contributed by atoms with Crippen LogP contribution in [0.25, 0.3) is 0 Å². The van der Waals surface area contributed by atoms with Crippen LogP contribution >= 0.6 is 0 Å². The predicted octanol–water partition coefficient (Wildman–Crippen LogP) is 19.9. The van der Waals surface area contributed by atoms with E-state index in [2.05, 4.69) is 41.5 Å². The number of likely N-dealkylation sites (tertiary alicyclic amines) is 1. The molecule has 2 atom stereocenters. The molecule has 1 fully saturated rings. The van der Waals surface area contributed by atoms with E-state index in [1.807, 2.05) is 69.2 Å². The zero-order chi connectivity index (χ0) is 65.1. The van der Waals surface area contributed by atoms with Gasteiger partial charge in [0.25, 0.3) is 0 Å². The fraction of sp³-hybridized carbons (Fsp3) is 0.900. The maximum Gasteiger partial charge on any atom is 0.410 e. The third-order valence-corrected chi connectivity index (χ3v) is 13.0. The number of carbonyl (C=O) groups is 7. The van der Waals surface area contributed by atoms with Crippen LogP contribution in [0.2, 0.25) is 0 Å². The fourth-order valence-electron chi connectivity index (χ4n) is 8.02. The van der Waals surface area contributed by atoms with Gasteiger partial charge in [-0.3, -0.25) is 24.0 Å². The van der Waals surface area contributed by atoms with Crippen molar-refractivity contribution in [3.05, 3.63) is 0 Å². The van der Waals surface area contributed by atoms with E-state index in [0.717, 1.165) is 83.5 Å². The number of methoxy groups -OCH3 is 1. The Bertz CT molecular complexity index is 1320. The SMILES string of the molecule is CC.CC.CC.CC.CCCC.CCCCCCCCOC.CCCCCCCCOC(=O)CC(CC(=O)OCCCCCCCC)CC(=O)OCC1CCN1C(=O)OCCC.CCCCCCCCOC(=O)CC(CC=O)CC(=O)CCC. The van der Waals surface area contributed by atoms with Crippen LogP contribution in [-0.2, 0) is 57.2 Å². The summed E-state index contributed by atoms with van der Waals surface area (Å²) in [5.74, 6) is -2.27. The Labute approximate surface area is 520 Å². The first-order valence-electron chi connectivity index (χ1n) is 34.9. The van der Waals surface area contributed by atoms with Crippen molar-refractivity contribution in [3.63, 3.8) is 0 Å². The van der Waals surface area contributed by atoms with Gasteiger partial charge < -0.3 is 38.1 Å². The highest BCUT2D eigenvalue weighted by molar-refractivity contribution is 5.80. The van der Waals surface area contributed by atoms with Crippen LogP contribution in [0.3, 0.4) is 0 Å². The lowest BCUT2D eigenvalue weighted by molar-refractivity contribution is -0.152. The molecule has 1 amide bonds. The van der Waals surface area contributed by atoms with Gasteiger partial charge in [-0.1, -0.05) is 252 Å². The first-order chi connectivity index (χ1) is 40.9. The molecule has 0 spiro atoms. The molecule has 0 saturated carbocycles. The minimum atomic E-state index is -0.561. The standard InChI is InChI=1S/C31H55NO8.C18H32O4.C9H20O.C4H10.4C2H6/c1-4-7-9-11-13-15-20-37-28(33)22-26(23-29(34)38-21-16-14-12-10-8-5-2)24-30(35)40-25-27-17-18-32(27)31(36)39-19-6-3;1-3-5-6-7-8-9-13-22-18(21)15-16(11-12-19)14-17(20)10-4-2;1-3-4-5-6-7-8-9-10-2;1-3-4-2;4*1-2/h26-27H,4-25H2,1-3H3;12,16H,3-11,13-15H2,1-2H3;3-9H2,1-2H3;3-4H2,1-2H3;4*1-2H3. The van der Waals surface area contributed by atoms with Gasteiger partial charge in [0.2, 0.25) is 0 Å². The second-order valence-corrected chi connectivity index (χ2v) is 20.6. The van der Waals surface area contributed by atoms with Crippen molar-refractivity contribution < 1.29 is 62.0 Å². The van der Waals surface area contributed by atoms with Crippen molar-refractivity contribution in [2.75, 3.05) is 53.3 Å². The van der Waals surface area contributed by atoms with Crippen molar-refractivity contribution in [1.29, 1.82) is 0 Å². The Morgan fingerprint density at radius 1 is 0.393 bits per heavy atom. The lowest BCUT2D eigenvalue weighted by Crippen LogP contribution is -2.53. The van der Waals surface area contributed by atoms with Gasteiger partial charge in [-0.15, -0.1) is 0 Å². The highest BCUT2D eigenvalue weighted by Crippen LogP contribution is 2.22. The van der Waals surface area contributed by atoms with E-state index in [1.54, 1.807) is 12.0 Å². The second-order valence-electron chi connectivity index (χ2n) is 20.6. The molecule has 0 radical (unpaired) electrons. The molecule has 2 unspecified atom stereocenters. The topological polar surface area (TPSA) is 178 Å². The Kier molecular flexibility index (Phi) is 93.8. The minimum Gasteiger partial charge on any atom is -0.466 e. The van der Waals surface area contributed by atoms with Crippen LogP contribution in [-0.4, -0.2) is 106 Å². The van der Waals surface area contributed by atoms with Crippen molar-refractivity contribution in [1.82, 2.24) is 4.90 Å². The molecule has 0 aromatic heterocycles. The van der Waals surface area contributed by atoms with Crippen LogP contribution in [0.4, 0.5) is 4.79 Å². The first kappa shape index (κ1) is 94.1. The lowest BCUT2D eigenvalue weighted by atomic mass is 9.94. The quantitative estimate of drug-likeness (QED) is 0.0243. The molecule has 0 aromatic carbocycles. The number of aldehydes is 1. The molecule has 1 aliphatic heterocycles. The normalized spacial score (nSPS) is 11.9. The average Bonchev–Trinajstić information content (AvgIpc) is 3.60. The van der Waals surface area contributed by atoms with Gasteiger partial charge in [0, 0.05) is 65.2 Å². The summed E-state index contributed by atoms with van der Waals surface area (Å²) in [6, 6.07) is -0.212. The van der Waals surface area contributed by atoms with Crippen molar-refractivity contribution in [2.45, 2.75) is 348 Å².